The number of thiocarbonyl (C=S) groups is 1. The molecule has 1 fully saturated rings. The molecular formula is C18H15ClN2O3S2. The number of aliphatic carboxylic acids is 1. The topological polar surface area (TPSA) is 70.5 Å². The maximum absolute atomic E-state index is 12.6. The van der Waals surface area contributed by atoms with Gasteiger partial charge >= 0.3 is 5.97 Å². The standard InChI is InChI=1S/C18H15ClN2O3S2/c1-10-4-5-11-8-12(16(19)20-13(11)7-10)9-14-17(24)21(18(25)26-14)6-2-3-15(22)23/h4-5,7-9H,2-3,6H2,1H3,(H,22,23)/b14-9-. The van der Waals surface area contributed by atoms with Gasteiger partial charge in [-0.15, -0.1) is 0 Å². The van der Waals surface area contributed by atoms with Crippen LogP contribution < -0.4 is 0 Å². The summed E-state index contributed by atoms with van der Waals surface area (Å²) in [7, 11) is 0. The minimum absolute atomic E-state index is 0.00402. The second-order valence-corrected chi connectivity index (χ2v) is 7.93. The lowest BCUT2D eigenvalue weighted by Gasteiger charge is -2.13. The van der Waals surface area contributed by atoms with Gasteiger partial charge in [0.1, 0.15) is 9.47 Å². The van der Waals surface area contributed by atoms with E-state index in [2.05, 4.69) is 4.98 Å². The number of pyridine rings is 1. The molecule has 134 valence electrons. The highest BCUT2D eigenvalue weighted by atomic mass is 35.5. The van der Waals surface area contributed by atoms with Crippen LogP contribution in [0.15, 0.2) is 29.2 Å². The van der Waals surface area contributed by atoms with Gasteiger partial charge in [0.15, 0.2) is 0 Å². The number of carboxylic acid groups (broad SMARTS) is 1. The van der Waals surface area contributed by atoms with E-state index in [0.29, 0.717) is 26.4 Å². The maximum atomic E-state index is 12.6. The molecule has 2 aromatic rings. The Balaban J connectivity index is 1.85. The number of hydrogen-bond donors (Lipinski definition) is 1. The van der Waals surface area contributed by atoms with Crippen molar-refractivity contribution in [1.29, 1.82) is 0 Å². The molecule has 0 saturated carbocycles. The van der Waals surface area contributed by atoms with Gasteiger partial charge in [0, 0.05) is 23.9 Å². The lowest BCUT2D eigenvalue weighted by Crippen LogP contribution is -2.29. The number of nitrogens with zero attached hydrogens (tertiary/aromatic N) is 2. The summed E-state index contributed by atoms with van der Waals surface area (Å²) in [5.74, 6) is -1.12. The lowest BCUT2D eigenvalue weighted by atomic mass is 10.1. The van der Waals surface area contributed by atoms with Crippen LogP contribution in [0, 0.1) is 6.92 Å². The van der Waals surface area contributed by atoms with E-state index in [4.69, 9.17) is 28.9 Å². The minimum Gasteiger partial charge on any atom is -0.481 e. The van der Waals surface area contributed by atoms with Crippen molar-refractivity contribution in [3.63, 3.8) is 0 Å². The van der Waals surface area contributed by atoms with E-state index >= 15 is 0 Å². The highest BCUT2D eigenvalue weighted by Gasteiger charge is 2.31. The second kappa shape index (κ2) is 7.73. The van der Waals surface area contributed by atoms with Crippen molar-refractivity contribution in [2.75, 3.05) is 6.54 Å². The zero-order valence-electron chi connectivity index (χ0n) is 13.9. The van der Waals surface area contributed by atoms with Crippen LogP contribution in [0.4, 0.5) is 0 Å². The van der Waals surface area contributed by atoms with E-state index in [9.17, 15) is 9.59 Å². The van der Waals surface area contributed by atoms with Gasteiger partial charge < -0.3 is 5.11 Å². The third-order valence-electron chi connectivity index (χ3n) is 3.89. The second-order valence-electron chi connectivity index (χ2n) is 5.90. The summed E-state index contributed by atoms with van der Waals surface area (Å²) in [6, 6.07) is 7.79. The molecule has 3 rings (SSSR count). The summed E-state index contributed by atoms with van der Waals surface area (Å²) >= 11 is 12.7. The molecule has 1 aromatic heterocycles. The van der Waals surface area contributed by atoms with E-state index in [1.54, 1.807) is 6.08 Å². The number of thioether (sulfide) groups is 1. The van der Waals surface area contributed by atoms with Crippen LogP contribution in [0.25, 0.3) is 17.0 Å². The van der Waals surface area contributed by atoms with E-state index in [0.717, 1.165) is 16.5 Å². The van der Waals surface area contributed by atoms with E-state index < -0.39 is 5.97 Å². The fourth-order valence-electron chi connectivity index (χ4n) is 2.59. The summed E-state index contributed by atoms with van der Waals surface area (Å²) in [5.41, 5.74) is 2.54. The Morgan fingerprint density at radius 1 is 1.42 bits per heavy atom. The Bertz CT molecular complexity index is 959. The van der Waals surface area contributed by atoms with Gasteiger partial charge in [-0.2, -0.15) is 0 Å². The van der Waals surface area contributed by atoms with Crippen LogP contribution in [-0.2, 0) is 9.59 Å². The molecule has 0 unspecified atom stereocenters. The molecule has 1 aliphatic rings. The van der Waals surface area contributed by atoms with Crippen LogP contribution in [0.2, 0.25) is 5.15 Å². The zero-order valence-corrected chi connectivity index (χ0v) is 16.2. The third kappa shape index (κ3) is 4.06. The molecule has 1 saturated heterocycles. The van der Waals surface area contributed by atoms with E-state index in [1.165, 1.54) is 16.7 Å². The number of fused-ring (bicyclic) bond motifs is 1. The first-order valence-corrected chi connectivity index (χ1v) is 9.49. The fraction of sp³-hybridized carbons (Fsp3) is 0.222. The van der Waals surface area contributed by atoms with Crippen molar-refractivity contribution in [3.05, 3.63) is 45.5 Å². The summed E-state index contributed by atoms with van der Waals surface area (Å²) in [6.07, 6.45) is 2.04. The normalized spacial score (nSPS) is 16.1. The predicted molar refractivity (Wildman–Crippen MR) is 108 cm³/mol. The molecule has 8 heteroatoms. The number of aromatic nitrogens is 1. The Labute approximate surface area is 165 Å². The average molecular weight is 407 g/mol. The van der Waals surface area contributed by atoms with Crippen molar-refractivity contribution in [2.24, 2.45) is 0 Å². The number of hydrogen-bond acceptors (Lipinski definition) is 5. The summed E-state index contributed by atoms with van der Waals surface area (Å²) < 4.78 is 0.423. The first-order valence-electron chi connectivity index (χ1n) is 7.89. The van der Waals surface area contributed by atoms with Gasteiger partial charge in [-0.05, 0) is 37.1 Å². The molecule has 1 aromatic carbocycles. The number of carboxylic acids is 1. The molecule has 5 nitrogen and oxygen atoms in total. The van der Waals surface area contributed by atoms with Crippen molar-refractivity contribution < 1.29 is 14.7 Å². The Kier molecular flexibility index (Phi) is 5.60. The SMILES string of the molecule is Cc1ccc2cc(/C=C3\SC(=S)N(CCCC(=O)O)C3=O)c(Cl)nc2c1. The molecule has 0 radical (unpaired) electrons. The fourth-order valence-corrected chi connectivity index (χ4v) is 4.09. The molecule has 2 heterocycles. The van der Waals surface area contributed by atoms with E-state index in [-0.39, 0.29) is 18.9 Å². The first kappa shape index (κ1) is 18.8. The summed E-state index contributed by atoms with van der Waals surface area (Å²) in [6.45, 7) is 2.27. The smallest absolute Gasteiger partial charge is 0.303 e. The average Bonchev–Trinajstić information content (AvgIpc) is 2.83. The Morgan fingerprint density at radius 3 is 2.92 bits per heavy atom. The number of carbonyl (C=O) groups excluding carboxylic acids is 1. The van der Waals surface area contributed by atoms with Crippen molar-refractivity contribution >= 4 is 68.8 Å². The van der Waals surface area contributed by atoms with Gasteiger partial charge in [0.2, 0.25) is 0 Å². The van der Waals surface area contributed by atoms with Gasteiger partial charge in [-0.1, -0.05) is 47.7 Å². The number of amides is 1. The molecule has 0 aliphatic carbocycles. The number of benzene rings is 1. The highest BCUT2D eigenvalue weighted by molar-refractivity contribution is 8.26. The highest BCUT2D eigenvalue weighted by Crippen LogP contribution is 2.34. The number of aryl methyl sites for hydroxylation is 1. The molecular weight excluding hydrogens is 392 g/mol. The van der Waals surface area contributed by atoms with Gasteiger partial charge in [-0.25, -0.2) is 4.98 Å². The Morgan fingerprint density at radius 2 is 2.19 bits per heavy atom. The van der Waals surface area contributed by atoms with Gasteiger partial charge in [0.25, 0.3) is 5.91 Å². The lowest BCUT2D eigenvalue weighted by molar-refractivity contribution is -0.137. The molecule has 1 aliphatic heterocycles. The zero-order chi connectivity index (χ0) is 18.8. The van der Waals surface area contributed by atoms with Crippen molar-refractivity contribution in [2.45, 2.75) is 19.8 Å². The van der Waals surface area contributed by atoms with Gasteiger partial charge in [0.05, 0.1) is 10.4 Å². The van der Waals surface area contributed by atoms with Crippen LogP contribution >= 0.6 is 35.6 Å². The quantitative estimate of drug-likeness (QED) is 0.454. The number of rotatable bonds is 5. The largest absolute Gasteiger partial charge is 0.481 e. The van der Waals surface area contributed by atoms with Crippen molar-refractivity contribution in [3.8, 4) is 0 Å². The molecule has 1 amide bonds. The van der Waals surface area contributed by atoms with Crippen LogP contribution in [0.5, 0.6) is 0 Å². The predicted octanol–water partition coefficient (Wildman–Crippen LogP) is 4.26. The van der Waals surface area contributed by atoms with Crippen LogP contribution in [-0.4, -0.2) is 37.7 Å². The first-order chi connectivity index (χ1) is 12.3. The third-order valence-corrected chi connectivity index (χ3v) is 5.57. The van der Waals surface area contributed by atoms with E-state index in [1.807, 2.05) is 31.2 Å². The monoisotopic (exact) mass is 406 g/mol. The van der Waals surface area contributed by atoms with Crippen LogP contribution in [0.3, 0.4) is 0 Å². The maximum Gasteiger partial charge on any atom is 0.303 e. The summed E-state index contributed by atoms with van der Waals surface area (Å²) in [5, 5.41) is 9.98. The molecule has 26 heavy (non-hydrogen) atoms. The van der Waals surface area contributed by atoms with Gasteiger partial charge in [-0.3, -0.25) is 14.5 Å². The minimum atomic E-state index is -0.893. The molecule has 0 bridgehead atoms. The summed E-state index contributed by atoms with van der Waals surface area (Å²) in [4.78, 5) is 29.5. The molecule has 0 spiro atoms. The molecule has 0 atom stereocenters. The Hall–Kier alpha value is -1.96. The van der Waals surface area contributed by atoms with Crippen LogP contribution in [0.1, 0.15) is 24.0 Å². The molecule has 1 N–H and O–H groups in total. The van der Waals surface area contributed by atoms with Crippen molar-refractivity contribution in [1.82, 2.24) is 9.88 Å². The number of carbonyl (C=O) groups is 2. The number of halogens is 1.